The van der Waals surface area contributed by atoms with E-state index in [0.717, 1.165) is 60.1 Å². The molecule has 11 heteroatoms. The van der Waals surface area contributed by atoms with Gasteiger partial charge in [0, 0.05) is 15.8 Å². The summed E-state index contributed by atoms with van der Waals surface area (Å²) in [6, 6.07) is 10.2. The molecular weight excluding hydrogens is 507 g/mol. The maximum absolute atomic E-state index is 13.6. The van der Waals surface area contributed by atoms with Crippen LogP contribution in [-0.2, 0) is 11.0 Å². The normalized spacial score (nSPS) is 20.6. The second-order valence-corrected chi connectivity index (χ2v) is 11.2. The quantitative estimate of drug-likeness (QED) is 0.502. The number of piperidine rings is 1. The Bertz CT molecular complexity index is 1230. The molecule has 3 fully saturated rings. The number of nitrogens with zero attached hydrogens (tertiary/aromatic N) is 5. The molecule has 3 heterocycles. The highest BCUT2D eigenvalue weighted by Crippen LogP contribution is 2.48. The van der Waals surface area contributed by atoms with Crippen LogP contribution in [0.15, 0.2) is 41.4 Å². The van der Waals surface area contributed by atoms with Gasteiger partial charge in [-0.05, 0) is 94.8 Å². The van der Waals surface area contributed by atoms with Crippen molar-refractivity contribution in [2.75, 3.05) is 29.9 Å². The molecule has 2 aromatic rings. The van der Waals surface area contributed by atoms with E-state index in [2.05, 4.69) is 16.9 Å². The van der Waals surface area contributed by atoms with Gasteiger partial charge in [-0.2, -0.15) is 18.4 Å². The first-order valence-electron chi connectivity index (χ1n) is 11.8. The Hall–Kier alpha value is -2.68. The number of benzene rings is 1. The summed E-state index contributed by atoms with van der Waals surface area (Å²) < 4.78 is 40.7. The molecule has 0 N–H and O–H groups in total. The van der Waals surface area contributed by atoms with Gasteiger partial charge in [0.05, 0.1) is 17.4 Å². The van der Waals surface area contributed by atoms with Gasteiger partial charge in [-0.3, -0.25) is 9.69 Å². The second-order valence-electron chi connectivity index (χ2n) is 9.46. The van der Waals surface area contributed by atoms with Crippen molar-refractivity contribution in [3.05, 3.63) is 47.8 Å². The Balaban J connectivity index is 1.43. The van der Waals surface area contributed by atoms with E-state index >= 15 is 0 Å². The number of carbonyl (C=O) groups excluding carboxylic acids is 1. The Morgan fingerprint density at radius 1 is 1.17 bits per heavy atom. The molecule has 1 aromatic carbocycles. The van der Waals surface area contributed by atoms with Crippen LogP contribution in [-0.4, -0.2) is 51.8 Å². The number of thioether (sulfide) groups is 1. The molecule has 0 atom stereocenters. The number of hydrogen-bond acceptors (Lipinski definition) is 6. The standard InChI is InChI=1S/C25H24F3N5OS2/c1-31-11-7-19(8-12-31)36-18-5-3-16(4-6-18)33-23(35)32(22(34)24(33)9-2-10-24)17-13-20(25(26,27)28)21(14-29)30-15-17/h3-6,13,15,19H,2,7-12H2,1H3. The van der Waals surface area contributed by atoms with Gasteiger partial charge in [0.1, 0.15) is 11.6 Å². The van der Waals surface area contributed by atoms with Gasteiger partial charge >= 0.3 is 6.18 Å². The summed E-state index contributed by atoms with van der Waals surface area (Å²) >= 11 is 7.52. The summed E-state index contributed by atoms with van der Waals surface area (Å²) in [4.78, 5) is 23.7. The first kappa shape index (κ1) is 25.0. The first-order valence-corrected chi connectivity index (χ1v) is 13.0. The fourth-order valence-corrected chi connectivity index (χ4v) is 6.65. The lowest BCUT2D eigenvalue weighted by molar-refractivity contribution is -0.138. The molecular formula is C25H24F3N5OS2. The third-order valence-corrected chi connectivity index (χ3v) is 8.91. The molecule has 1 amide bonds. The molecule has 6 nitrogen and oxygen atoms in total. The van der Waals surface area contributed by atoms with Crippen LogP contribution in [0.2, 0.25) is 0 Å². The summed E-state index contributed by atoms with van der Waals surface area (Å²) in [5.74, 6) is -0.358. The van der Waals surface area contributed by atoms with Gasteiger partial charge in [-0.15, -0.1) is 11.8 Å². The molecule has 2 aliphatic heterocycles. The fraction of sp³-hybridized carbons (Fsp3) is 0.440. The average molecular weight is 532 g/mol. The number of hydrogen-bond donors (Lipinski definition) is 0. The number of halogens is 3. The first-order chi connectivity index (χ1) is 17.1. The predicted octanol–water partition coefficient (Wildman–Crippen LogP) is 5.22. The lowest BCUT2D eigenvalue weighted by atomic mass is 9.75. The van der Waals surface area contributed by atoms with Gasteiger partial charge in [0.25, 0.3) is 5.91 Å². The molecule has 1 aliphatic carbocycles. The van der Waals surface area contributed by atoms with E-state index in [9.17, 15) is 18.0 Å². The van der Waals surface area contributed by atoms with Crippen molar-refractivity contribution in [1.29, 1.82) is 5.26 Å². The zero-order valence-electron chi connectivity index (χ0n) is 19.6. The summed E-state index contributed by atoms with van der Waals surface area (Å²) in [7, 11) is 2.13. The van der Waals surface area contributed by atoms with Crippen molar-refractivity contribution in [3.63, 3.8) is 0 Å². The average Bonchev–Trinajstić information content (AvgIpc) is 3.07. The zero-order valence-corrected chi connectivity index (χ0v) is 21.2. The molecule has 5 rings (SSSR count). The lowest BCUT2D eigenvalue weighted by Gasteiger charge is -2.43. The van der Waals surface area contributed by atoms with Crippen LogP contribution in [0.1, 0.15) is 43.4 Å². The van der Waals surface area contributed by atoms with Gasteiger partial charge < -0.3 is 9.80 Å². The van der Waals surface area contributed by atoms with Crippen molar-refractivity contribution in [3.8, 4) is 6.07 Å². The predicted molar refractivity (Wildman–Crippen MR) is 136 cm³/mol. The van der Waals surface area contributed by atoms with Crippen LogP contribution in [0.5, 0.6) is 0 Å². The number of aromatic nitrogens is 1. The molecule has 36 heavy (non-hydrogen) atoms. The highest BCUT2D eigenvalue weighted by molar-refractivity contribution is 8.00. The topological polar surface area (TPSA) is 63.5 Å². The Kier molecular flexibility index (Phi) is 6.47. The number of amides is 1. The van der Waals surface area contributed by atoms with Gasteiger partial charge in [-0.1, -0.05) is 0 Å². The fourth-order valence-electron chi connectivity index (χ4n) is 5.06. The van der Waals surface area contributed by atoms with Crippen LogP contribution in [0.25, 0.3) is 0 Å². The molecule has 1 spiro atoms. The van der Waals surface area contributed by atoms with E-state index in [1.54, 1.807) is 4.90 Å². The molecule has 0 bridgehead atoms. The molecule has 2 saturated heterocycles. The number of anilines is 2. The number of nitriles is 1. The SMILES string of the molecule is CN1CCC(Sc2ccc(N3C(=S)N(c4cnc(C#N)c(C(F)(F)F)c4)C(=O)C34CCC4)cc2)CC1. The largest absolute Gasteiger partial charge is 0.419 e. The van der Waals surface area contributed by atoms with Gasteiger partial charge in [0.2, 0.25) is 0 Å². The van der Waals surface area contributed by atoms with Crippen molar-refractivity contribution < 1.29 is 18.0 Å². The van der Waals surface area contributed by atoms with Crippen molar-refractivity contribution in [2.45, 2.75) is 54.0 Å². The van der Waals surface area contributed by atoms with E-state index in [4.69, 9.17) is 17.5 Å². The van der Waals surface area contributed by atoms with E-state index < -0.39 is 23.0 Å². The molecule has 188 valence electrons. The monoisotopic (exact) mass is 531 g/mol. The second kappa shape index (κ2) is 9.32. The van der Waals surface area contributed by atoms with Gasteiger partial charge in [0.15, 0.2) is 10.8 Å². The Morgan fingerprint density at radius 2 is 1.83 bits per heavy atom. The number of likely N-dealkylation sites (tertiary alicyclic amines) is 1. The summed E-state index contributed by atoms with van der Waals surface area (Å²) in [6.45, 7) is 2.16. The van der Waals surface area contributed by atoms with Crippen LogP contribution >= 0.6 is 24.0 Å². The summed E-state index contributed by atoms with van der Waals surface area (Å²) in [5.41, 5.74) is -2.18. The number of alkyl halides is 3. The third kappa shape index (κ3) is 4.25. The Morgan fingerprint density at radius 3 is 2.39 bits per heavy atom. The van der Waals surface area contributed by atoms with Crippen LogP contribution < -0.4 is 9.80 Å². The van der Waals surface area contributed by atoms with E-state index in [1.807, 2.05) is 36.0 Å². The van der Waals surface area contributed by atoms with E-state index in [-0.39, 0.29) is 16.7 Å². The van der Waals surface area contributed by atoms with E-state index in [1.165, 1.54) is 6.07 Å². The number of carbonyl (C=O) groups is 1. The molecule has 0 radical (unpaired) electrons. The summed E-state index contributed by atoms with van der Waals surface area (Å²) in [6.07, 6.45) is 0.522. The highest BCUT2D eigenvalue weighted by atomic mass is 32.2. The highest BCUT2D eigenvalue weighted by Gasteiger charge is 2.59. The van der Waals surface area contributed by atoms with E-state index in [0.29, 0.717) is 18.1 Å². The minimum Gasteiger partial charge on any atom is -0.306 e. The van der Waals surface area contributed by atoms with Crippen molar-refractivity contribution in [1.82, 2.24) is 9.88 Å². The van der Waals surface area contributed by atoms with Crippen LogP contribution in [0, 0.1) is 11.3 Å². The molecule has 0 unspecified atom stereocenters. The van der Waals surface area contributed by atoms with Gasteiger partial charge in [-0.25, -0.2) is 4.98 Å². The van der Waals surface area contributed by atoms with Crippen LogP contribution in [0.4, 0.5) is 24.5 Å². The number of thiocarbonyl (C=S) groups is 1. The summed E-state index contributed by atoms with van der Waals surface area (Å²) in [5, 5.41) is 9.75. The number of pyridine rings is 1. The minimum atomic E-state index is -4.78. The lowest BCUT2D eigenvalue weighted by Crippen LogP contribution is -2.55. The maximum atomic E-state index is 13.6. The maximum Gasteiger partial charge on any atom is 0.419 e. The number of rotatable bonds is 4. The van der Waals surface area contributed by atoms with Crippen molar-refractivity contribution >= 4 is 46.4 Å². The minimum absolute atomic E-state index is 0.0838. The molecule has 1 saturated carbocycles. The van der Waals surface area contributed by atoms with Crippen molar-refractivity contribution in [2.24, 2.45) is 0 Å². The smallest absolute Gasteiger partial charge is 0.306 e. The molecule has 1 aromatic heterocycles. The Labute approximate surface area is 217 Å². The zero-order chi connectivity index (χ0) is 25.7. The van der Waals surface area contributed by atoms with Crippen LogP contribution in [0.3, 0.4) is 0 Å². The molecule has 3 aliphatic rings. The third-order valence-electron chi connectivity index (χ3n) is 7.20.